The summed E-state index contributed by atoms with van der Waals surface area (Å²) in [4.78, 5) is 56.3. The highest BCUT2D eigenvalue weighted by molar-refractivity contribution is 5.95. The molecular formula is C43H63FN6O4. The molecule has 10 nitrogen and oxygen atoms in total. The van der Waals surface area contributed by atoms with Crippen molar-refractivity contribution >= 4 is 29.0 Å². The lowest BCUT2D eigenvalue weighted by molar-refractivity contribution is -0.137. The van der Waals surface area contributed by atoms with Crippen LogP contribution in [-0.4, -0.2) is 107 Å². The van der Waals surface area contributed by atoms with Gasteiger partial charge in [0.05, 0.1) is 16.6 Å². The van der Waals surface area contributed by atoms with Crippen LogP contribution in [0.4, 0.5) is 4.39 Å². The molecule has 3 amide bonds. The fourth-order valence-electron chi connectivity index (χ4n) is 8.65. The van der Waals surface area contributed by atoms with Crippen molar-refractivity contribution in [2.24, 2.45) is 11.3 Å². The van der Waals surface area contributed by atoms with Gasteiger partial charge in [-0.15, -0.1) is 0 Å². The van der Waals surface area contributed by atoms with E-state index in [1.165, 1.54) is 83.0 Å². The molecule has 1 aliphatic carbocycles. The highest BCUT2D eigenvalue weighted by atomic mass is 19.1. The number of H-pyrrole nitrogens is 1. The molecule has 54 heavy (non-hydrogen) atoms. The largest absolute Gasteiger partial charge is 0.342 e. The summed E-state index contributed by atoms with van der Waals surface area (Å²) in [5.74, 6) is 0.155. The van der Waals surface area contributed by atoms with Crippen LogP contribution in [0.25, 0.3) is 10.8 Å². The van der Waals surface area contributed by atoms with Gasteiger partial charge in [-0.1, -0.05) is 71.7 Å². The van der Waals surface area contributed by atoms with Crippen molar-refractivity contribution in [1.29, 1.82) is 0 Å². The van der Waals surface area contributed by atoms with Gasteiger partial charge in [-0.3, -0.25) is 19.2 Å². The number of carbonyl (C=O) groups is 3. The average molecular weight is 747 g/mol. The first-order valence-electron chi connectivity index (χ1n) is 20.0. The molecular weight excluding hydrogens is 684 g/mol. The summed E-state index contributed by atoms with van der Waals surface area (Å²) in [5, 5.41) is 7.88. The topological polar surface area (TPSA) is 110 Å². The predicted octanol–water partition coefficient (Wildman–Crippen LogP) is 6.91. The molecule has 3 saturated heterocycles. The van der Waals surface area contributed by atoms with Crippen LogP contribution in [-0.2, 0) is 16.0 Å². The number of hydrogen-bond acceptors (Lipinski definition) is 6. The fourth-order valence-corrected chi connectivity index (χ4v) is 8.65. The molecule has 3 aliphatic heterocycles. The van der Waals surface area contributed by atoms with E-state index in [0.29, 0.717) is 66.5 Å². The molecule has 1 atom stereocenters. The van der Waals surface area contributed by atoms with E-state index in [2.05, 4.69) is 26.9 Å². The summed E-state index contributed by atoms with van der Waals surface area (Å²) in [6.07, 6.45) is 13.8. The number of benzene rings is 2. The average Bonchev–Trinajstić information content (AvgIpc) is 3.21. The summed E-state index contributed by atoms with van der Waals surface area (Å²) >= 11 is 0. The second kappa shape index (κ2) is 20.5. The van der Waals surface area contributed by atoms with Crippen molar-refractivity contribution in [3.63, 3.8) is 0 Å². The Morgan fingerprint density at radius 3 is 2.26 bits per heavy atom. The van der Waals surface area contributed by atoms with E-state index in [4.69, 9.17) is 0 Å². The molecule has 3 aromatic rings. The van der Waals surface area contributed by atoms with E-state index in [0.717, 1.165) is 37.9 Å². The maximum atomic E-state index is 14.4. The Labute approximate surface area is 321 Å². The van der Waals surface area contributed by atoms with E-state index >= 15 is 0 Å². The highest BCUT2D eigenvalue weighted by Crippen LogP contribution is 2.39. The predicted molar refractivity (Wildman–Crippen MR) is 214 cm³/mol. The van der Waals surface area contributed by atoms with Gasteiger partial charge in [0.15, 0.2) is 0 Å². The number of aromatic nitrogens is 2. The summed E-state index contributed by atoms with van der Waals surface area (Å²) < 4.78 is 14.4. The van der Waals surface area contributed by atoms with Crippen LogP contribution in [0.2, 0.25) is 0 Å². The van der Waals surface area contributed by atoms with E-state index in [1.807, 2.05) is 26.0 Å². The summed E-state index contributed by atoms with van der Waals surface area (Å²) in [5.41, 5.74) is 1.50. The van der Waals surface area contributed by atoms with Crippen LogP contribution in [0.1, 0.15) is 114 Å². The Hall–Kier alpha value is -4.12. The fraction of sp³-hybridized carbons (Fsp3) is 0.605. The number of halogens is 1. The molecule has 4 aliphatic rings. The summed E-state index contributed by atoms with van der Waals surface area (Å²) in [6, 6.07) is 11.6. The molecule has 1 spiro atoms. The second-order valence-corrected chi connectivity index (χ2v) is 15.1. The van der Waals surface area contributed by atoms with Crippen LogP contribution in [0.15, 0.2) is 47.3 Å². The first-order valence-corrected chi connectivity index (χ1v) is 20.0. The maximum Gasteiger partial charge on any atom is 0.272 e. The van der Waals surface area contributed by atoms with Crippen molar-refractivity contribution in [3.05, 3.63) is 75.5 Å². The third-order valence-corrected chi connectivity index (χ3v) is 11.5. The van der Waals surface area contributed by atoms with E-state index in [1.54, 1.807) is 28.0 Å². The number of nitrogens with zero attached hydrogens (tertiary/aromatic N) is 5. The number of carbonyl (C=O) groups excluding carboxylic acids is 3. The zero-order valence-electron chi connectivity index (χ0n) is 32.1. The summed E-state index contributed by atoms with van der Waals surface area (Å²) in [7, 11) is 0. The first kappa shape index (κ1) is 42.6. The molecule has 4 heterocycles. The van der Waals surface area contributed by atoms with Crippen molar-refractivity contribution in [3.8, 4) is 0 Å². The molecule has 1 unspecified atom stereocenters. The van der Waals surface area contributed by atoms with Crippen molar-refractivity contribution < 1.29 is 18.8 Å². The number of aromatic amines is 1. The zero-order chi connectivity index (χ0) is 37.8. The van der Waals surface area contributed by atoms with Crippen LogP contribution in [0.3, 0.4) is 0 Å². The molecule has 11 heteroatoms. The van der Waals surface area contributed by atoms with Gasteiger partial charge in [-0.25, -0.2) is 9.49 Å². The molecule has 0 bridgehead atoms. The quantitative estimate of drug-likeness (QED) is 0.263. The van der Waals surface area contributed by atoms with Gasteiger partial charge in [-0.2, -0.15) is 5.10 Å². The minimum atomic E-state index is -0.587. The molecule has 1 aromatic heterocycles. The lowest BCUT2D eigenvalue weighted by Crippen LogP contribution is -2.53. The number of piperidine rings is 2. The van der Waals surface area contributed by atoms with Gasteiger partial charge in [0.25, 0.3) is 11.5 Å². The Bertz CT molecular complexity index is 1730. The molecule has 4 fully saturated rings. The number of likely N-dealkylation sites (tertiary alicyclic amines) is 2. The van der Waals surface area contributed by atoms with Crippen LogP contribution in [0, 0.1) is 17.2 Å². The van der Waals surface area contributed by atoms with Gasteiger partial charge >= 0.3 is 0 Å². The standard InChI is InChI=1S/C21H19FN4O3.C19H34N2O.C2H6.CH4/c22-18-6-5-14(11-17(18)21(29)26-9-7-25(13-27)8-10-26)12-19-15-3-1-2-4-16(15)20(28)24-23-19;1-2-20-12-6-10-19(15-20)11-7-13-21(16-19)18(22)14-17-8-4-3-5-9-17;1-2;/h1-6,11,13H,7-10,12H2,(H,24,28);17H,2-16H2,1H3;1-2H3;1H4. The van der Waals surface area contributed by atoms with Gasteiger partial charge in [0.2, 0.25) is 12.3 Å². The van der Waals surface area contributed by atoms with Crippen LogP contribution in [0.5, 0.6) is 0 Å². The van der Waals surface area contributed by atoms with Gasteiger partial charge in [0, 0.05) is 69.5 Å². The third-order valence-electron chi connectivity index (χ3n) is 11.5. The van der Waals surface area contributed by atoms with Crippen LogP contribution < -0.4 is 5.56 Å². The third kappa shape index (κ3) is 10.8. The second-order valence-electron chi connectivity index (χ2n) is 15.1. The minimum Gasteiger partial charge on any atom is -0.342 e. The van der Waals surface area contributed by atoms with E-state index < -0.39 is 11.7 Å². The molecule has 296 valence electrons. The number of nitrogens with one attached hydrogen (secondary N) is 1. The number of piperazine rings is 1. The molecule has 7 rings (SSSR count). The first-order chi connectivity index (χ1) is 25.8. The number of hydrogen-bond donors (Lipinski definition) is 1. The lowest BCUT2D eigenvalue weighted by Gasteiger charge is -2.48. The van der Waals surface area contributed by atoms with Crippen molar-refractivity contribution in [2.75, 3.05) is 58.9 Å². The Morgan fingerprint density at radius 2 is 1.57 bits per heavy atom. The zero-order valence-corrected chi connectivity index (χ0v) is 32.1. The van der Waals surface area contributed by atoms with Gasteiger partial charge in [-0.05, 0) is 81.3 Å². The smallest absolute Gasteiger partial charge is 0.272 e. The number of fused-ring (bicyclic) bond motifs is 1. The molecule has 1 N–H and O–H groups in total. The number of rotatable bonds is 7. The Kier molecular flexibility index (Phi) is 16.2. The Balaban J connectivity index is 0.000000234. The van der Waals surface area contributed by atoms with Gasteiger partial charge < -0.3 is 19.6 Å². The molecule has 0 radical (unpaired) electrons. The number of amides is 3. The van der Waals surface area contributed by atoms with Gasteiger partial charge in [0.1, 0.15) is 5.82 Å². The summed E-state index contributed by atoms with van der Waals surface area (Å²) in [6.45, 7) is 13.6. The molecule has 2 aromatic carbocycles. The normalized spacial score (nSPS) is 20.6. The highest BCUT2D eigenvalue weighted by Gasteiger charge is 2.40. The monoisotopic (exact) mass is 746 g/mol. The van der Waals surface area contributed by atoms with E-state index in [-0.39, 0.29) is 18.5 Å². The SMILES string of the molecule is C.CC.CCN1CCCC2(CCCN(C(=O)CC3CCCCC3)C2)C1.O=CN1CCN(C(=O)c2cc(Cc3n[nH]c(=O)c4ccccc34)ccc2F)CC1. The maximum absolute atomic E-state index is 14.4. The van der Waals surface area contributed by atoms with Crippen LogP contribution >= 0.6 is 0 Å². The van der Waals surface area contributed by atoms with E-state index in [9.17, 15) is 23.6 Å². The van der Waals surface area contributed by atoms with Crippen molar-refractivity contribution in [2.45, 2.75) is 98.8 Å². The molecule has 1 saturated carbocycles. The minimum absolute atomic E-state index is 0. The van der Waals surface area contributed by atoms with Crippen molar-refractivity contribution in [1.82, 2.24) is 29.8 Å². The Morgan fingerprint density at radius 1 is 0.889 bits per heavy atom. The lowest BCUT2D eigenvalue weighted by atomic mass is 9.73.